The first kappa shape index (κ1) is 14.3. The van der Waals surface area contributed by atoms with Crippen molar-refractivity contribution < 1.29 is 8.42 Å². The Morgan fingerprint density at radius 2 is 2.00 bits per heavy atom. The van der Waals surface area contributed by atoms with Gasteiger partial charge in [-0.1, -0.05) is 18.2 Å². The van der Waals surface area contributed by atoms with Gasteiger partial charge in [-0.3, -0.25) is 0 Å². The third-order valence-electron chi connectivity index (χ3n) is 2.28. The fourth-order valence-corrected chi connectivity index (χ4v) is 2.67. The van der Waals surface area contributed by atoms with Crippen molar-refractivity contribution >= 4 is 21.8 Å². The molecule has 5 heteroatoms. The van der Waals surface area contributed by atoms with Crippen LogP contribution in [0.2, 0.25) is 0 Å². The zero-order valence-corrected chi connectivity index (χ0v) is 11.6. The minimum atomic E-state index is -3.21. The monoisotopic (exact) mass is 271 g/mol. The lowest BCUT2D eigenvalue weighted by molar-refractivity contribution is 0.563. The molecule has 1 aromatic carbocycles. The van der Waals surface area contributed by atoms with Gasteiger partial charge in [0.1, 0.15) is 0 Å². The van der Waals surface area contributed by atoms with E-state index >= 15 is 0 Å². The third-order valence-corrected chi connectivity index (χ3v) is 3.73. The van der Waals surface area contributed by atoms with E-state index in [4.69, 9.17) is 0 Å². The first-order valence-corrected chi connectivity index (χ1v) is 8.30. The van der Waals surface area contributed by atoms with Gasteiger partial charge in [-0.2, -0.15) is 0 Å². The molecule has 0 amide bonds. The summed E-state index contributed by atoms with van der Waals surface area (Å²) in [6, 6.07) is 7.62. The Balaban J connectivity index is 2.92. The molecule has 0 aliphatic heterocycles. The lowest BCUT2D eigenvalue weighted by Gasteiger charge is -2.16. The molecule has 0 saturated heterocycles. The summed E-state index contributed by atoms with van der Waals surface area (Å²) in [7, 11) is -3.21. The first-order chi connectivity index (χ1) is 7.96. The molecule has 0 aliphatic carbocycles. The molecule has 0 radical (unpaired) electrons. The van der Waals surface area contributed by atoms with Crippen molar-refractivity contribution in [3.8, 4) is 0 Å². The number of hydrogen-bond donors (Lipinski definition) is 1. The van der Waals surface area contributed by atoms with E-state index in [1.807, 2.05) is 30.5 Å². The molecule has 0 spiro atoms. The maximum atomic E-state index is 11.3. The van der Waals surface area contributed by atoms with Gasteiger partial charge in [0.25, 0.3) is 0 Å². The molecular formula is C12H17NO2S2. The van der Waals surface area contributed by atoms with Gasteiger partial charge in [0, 0.05) is 4.90 Å². The number of sulfonamides is 1. The fourth-order valence-electron chi connectivity index (χ4n) is 1.51. The van der Waals surface area contributed by atoms with Crippen LogP contribution in [0.15, 0.2) is 41.8 Å². The van der Waals surface area contributed by atoms with Crippen molar-refractivity contribution in [1.29, 1.82) is 0 Å². The third kappa shape index (κ3) is 4.93. The van der Waals surface area contributed by atoms with Gasteiger partial charge in [-0.15, -0.1) is 18.3 Å². The minimum absolute atomic E-state index is 0.238. The van der Waals surface area contributed by atoms with Crippen LogP contribution < -0.4 is 4.72 Å². The second kappa shape index (κ2) is 6.23. The summed E-state index contributed by atoms with van der Waals surface area (Å²) >= 11 is 1.66. The molecule has 0 aliphatic rings. The van der Waals surface area contributed by atoms with Crippen LogP contribution >= 0.6 is 11.8 Å². The van der Waals surface area contributed by atoms with Crippen LogP contribution in [0.3, 0.4) is 0 Å². The number of hydrogen-bond acceptors (Lipinski definition) is 3. The average Bonchev–Trinajstić information content (AvgIpc) is 2.27. The lowest BCUT2D eigenvalue weighted by atomic mass is 10.1. The molecule has 0 saturated carbocycles. The highest BCUT2D eigenvalue weighted by Crippen LogP contribution is 2.21. The summed E-state index contributed by atoms with van der Waals surface area (Å²) in [5.41, 5.74) is 0.952. The average molecular weight is 271 g/mol. The number of nitrogens with one attached hydrogen (secondary N) is 1. The summed E-state index contributed by atoms with van der Waals surface area (Å²) in [5.74, 6) is 0. The van der Waals surface area contributed by atoms with Crippen LogP contribution in [-0.2, 0) is 10.0 Å². The molecule has 1 unspecified atom stereocenters. The zero-order chi connectivity index (χ0) is 12.9. The highest BCUT2D eigenvalue weighted by molar-refractivity contribution is 7.98. The van der Waals surface area contributed by atoms with E-state index in [-0.39, 0.29) is 6.04 Å². The zero-order valence-electron chi connectivity index (χ0n) is 10.0. The first-order valence-electron chi connectivity index (χ1n) is 5.18. The summed E-state index contributed by atoms with van der Waals surface area (Å²) in [4.78, 5) is 1.16. The lowest BCUT2D eigenvalue weighted by Crippen LogP contribution is -2.27. The summed E-state index contributed by atoms with van der Waals surface area (Å²) in [6.07, 6.45) is 5.46. The topological polar surface area (TPSA) is 46.2 Å². The van der Waals surface area contributed by atoms with Gasteiger partial charge in [0.15, 0.2) is 0 Å². The summed E-state index contributed by atoms with van der Waals surface area (Å²) in [5, 5.41) is 0. The van der Waals surface area contributed by atoms with Crippen LogP contribution in [0.5, 0.6) is 0 Å². The maximum Gasteiger partial charge on any atom is 0.209 e. The number of thioether (sulfide) groups is 1. The molecule has 0 aromatic heterocycles. The van der Waals surface area contributed by atoms with Crippen LogP contribution in [0.4, 0.5) is 0 Å². The molecule has 1 atom stereocenters. The van der Waals surface area contributed by atoms with Crippen molar-refractivity contribution in [3.63, 3.8) is 0 Å². The van der Waals surface area contributed by atoms with Crippen LogP contribution in [-0.4, -0.2) is 20.9 Å². The molecule has 17 heavy (non-hydrogen) atoms. The van der Waals surface area contributed by atoms with Crippen LogP contribution in [0.25, 0.3) is 0 Å². The van der Waals surface area contributed by atoms with Crippen molar-refractivity contribution in [2.45, 2.75) is 17.4 Å². The molecule has 94 valence electrons. The molecule has 0 heterocycles. The Morgan fingerprint density at radius 1 is 1.41 bits per heavy atom. The van der Waals surface area contributed by atoms with Crippen LogP contribution in [0.1, 0.15) is 18.0 Å². The summed E-state index contributed by atoms with van der Waals surface area (Å²) in [6.45, 7) is 3.65. The van der Waals surface area contributed by atoms with E-state index in [1.54, 1.807) is 17.8 Å². The Labute approximate surface area is 107 Å². The van der Waals surface area contributed by atoms with E-state index in [1.165, 1.54) is 6.26 Å². The van der Waals surface area contributed by atoms with Crippen molar-refractivity contribution in [3.05, 3.63) is 42.5 Å². The second-order valence-corrected chi connectivity index (χ2v) is 6.40. The van der Waals surface area contributed by atoms with Gasteiger partial charge in [-0.05, 0) is 30.4 Å². The normalized spacial score (nSPS) is 13.3. The van der Waals surface area contributed by atoms with Crippen molar-refractivity contribution in [2.75, 3.05) is 12.5 Å². The Kier molecular flexibility index (Phi) is 5.24. The largest absolute Gasteiger partial charge is 0.213 e. The van der Waals surface area contributed by atoms with Gasteiger partial charge in [0.2, 0.25) is 10.0 Å². The molecule has 1 rings (SSSR count). The number of rotatable bonds is 6. The maximum absolute atomic E-state index is 11.3. The Hall–Kier alpha value is -0.780. The Bertz CT molecular complexity index is 466. The van der Waals surface area contributed by atoms with E-state index in [2.05, 4.69) is 11.3 Å². The molecular weight excluding hydrogens is 254 g/mol. The fraction of sp³-hybridized carbons (Fsp3) is 0.333. The Morgan fingerprint density at radius 3 is 2.41 bits per heavy atom. The highest BCUT2D eigenvalue weighted by Gasteiger charge is 2.14. The van der Waals surface area contributed by atoms with E-state index in [0.717, 1.165) is 10.5 Å². The smallest absolute Gasteiger partial charge is 0.209 e. The van der Waals surface area contributed by atoms with Gasteiger partial charge in [0.05, 0.1) is 12.3 Å². The standard InChI is InChI=1S/C12H17NO2S2/c1-4-5-12(13-17(3,14)15)10-6-8-11(16-2)9-7-10/h4,6-9,12-13H,1,5H2,2-3H3. The highest BCUT2D eigenvalue weighted by atomic mass is 32.2. The van der Waals surface area contributed by atoms with E-state index in [9.17, 15) is 8.42 Å². The van der Waals surface area contributed by atoms with Gasteiger partial charge >= 0.3 is 0 Å². The second-order valence-electron chi connectivity index (χ2n) is 3.74. The molecule has 0 bridgehead atoms. The molecule has 3 nitrogen and oxygen atoms in total. The van der Waals surface area contributed by atoms with E-state index < -0.39 is 10.0 Å². The van der Waals surface area contributed by atoms with Crippen LogP contribution in [0, 0.1) is 0 Å². The number of benzene rings is 1. The van der Waals surface area contributed by atoms with Crippen molar-refractivity contribution in [1.82, 2.24) is 4.72 Å². The molecule has 1 N–H and O–H groups in total. The predicted octanol–water partition coefficient (Wildman–Crippen LogP) is 2.57. The quantitative estimate of drug-likeness (QED) is 0.639. The SMILES string of the molecule is C=CCC(NS(C)(=O)=O)c1ccc(SC)cc1. The molecule has 1 aromatic rings. The van der Waals surface area contributed by atoms with E-state index in [0.29, 0.717) is 6.42 Å². The van der Waals surface area contributed by atoms with Gasteiger partial charge in [-0.25, -0.2) is 13.1 Å². The summed E-state index contributed by atoms with van der Waals surface area (Å²) < 4.78 is 25.1. The minimum Gasteiger partial charge on any atom is -0.213 e. The van der Waals surface area contributed by atoms with Crippen molar-refractivity contribution in [2.24, 2.45) is 0 Å². The predicted molar refractivity (Wildman–Crippen MR) is 73.8 cm³/mol. The van der Waals surface area contributed by atoms with Gasteiger partial charge < -0.3 is 0 Å². The molecule has 0 fully saturated rings.